The van der Waals surface area contributed by atoms with Gasteiger partial charge in [0.2, 0.25) is 0 Å². The monoisotopic (exact) mass is 107 g/mol. The molecule has 0 bridgehead atoms. The first-order valence-electron chi connectivity index (χ1n) is 1.72. The molecule has 0 saturated carbocycles. The Morgan fingerprint density at radius 3 is 2.83 bits per heavy atom. The minimum atomic E-state index is -0.0833. The van der Waals surface area contributed by atoms with Gasteiger partial charge < -0.3 is 5.21 Å². The third-order valence-electron chi connectivity index (χ3n) is 0.541. The van der Waals surface area contributed by atoms with Crippen molar-refractivity contribution in [3.8, 4) is 0 Å². The van der Waals surface area contributed by atoms with Crippen LogP contribution in [0.1, 0.15) is 0 Å². The predicted molar refractivity (Wildman–Crippen MR) is 22.7 cm³/mol. The second-order valence-electron chi connectivity index (χ2n) is 1.03. The first-order chi connectivity index (χ1) is 2.89. The maximum atomic E-state index is 10.0. The number of quaternary nitrogens is 1. The molecule has 0 radical (unpaired) electrons. The smallest absolute Gasteiger partial charge is 0.119 e. The highest BCUT2D eigenvalue weighted by Crippen LogP contribution is 1.97. The van der Waals surface area contributed by atoms with Gasteiger partial charge in [0.25, 0.3) is 0 Å². The van der Waals surface area contributed by atoms with Crippen molar-refractivity contribution in [2.24, 2.45) is 0 Å². The summed E-state index contributed by atoms with van der Waals surface area (Å²) in [5.74, 6) is 0.832. The SMILES string of the molecule is [O-][NH+]1CCSO1. The Kier molecular flexibility index (Phi) is 1.31. The molecule has 36 valence electrons. The van der Waals surface area contributed by atoms with Gasteiger partial charge in [-0.15, -0.1) is 4.28 Å². The van der Waals surface area contributed by atoms with Crippen LogP contribution in [0.3, 0.4) is 0 Å². The highest BCUT2D eigenvalue weighted by atomic mass is 32.2. The van der Waals surface area contributed by atoms with E-state index in [-0.39, 0.29) is 5.23 Å². The van der Waals surface area contributed by atoms with Crippen molar-refractivity contribution in [2.75, 3.05) is 12.3 Å². The lowest BCUT2D eigenvalue weighted by molar-refractivity contribution is -1.01. The summed E-state index contributed by atoms with van der Waals surface area (Å²) in [7, 11) is 0. The summed E-state index contributed by atoms with van der Waals surface area (Å²) in [4.78, 5) is 0. The zero-order chi connectivity index (χ0) is 4.41. The normalized spacial score (nSPS) is 34.5. The third kappa shape index (κ3) is 0.844. The average Bonchev–Trinajstić information content (AvgIpc) is 1.86. The zero-order valence-electron chi connectivity index (χ0n) is 3.14. The first-order valence-corrected chi connectivity index (χ1v) is 2.63. The van der Waals surface area contributed by atoms with Crippen LogP contribution in [0.25, 0.3) is 0 Å². The van der Waals surface area contributed by atoms with E-state index in [2.05, 4.69) is 4.28 Å². The van der Waals surface area contributed by atoms with Gasteiger partial charge >= 0.3 is 0 Å². The molecule has 1 heterocycles. The summed E-state index contributed by atoms with van der Waals surface area (Å²) in [6.07, 6.45) is 0. The first kappa shape index (κ1) is 4.39. The van der Waals surface area contributed by atoms with Crippen LogP contribution >= 0.6 is 12.0 Å². The van der Waals surface area contributed by atoms with Crippen LogP contribution in [0.15, 0.2) is 0 Å². The van der Waals surface area contributed by atoms with Crippen molar-refractivity contribution in [1.29, 1.82) is 0 Å². The topological polar surface area (TPSA) is 36.7 Å². The molecule has 3 nitrogen and oxygen atoms in total. The molecule has 1 rings (SSSR count). The second-order valence-corrected chi connectivity index (χ2v) is 1.84. The Bertz CT molecular complexity index is 44.8. The van der Waals surface area contributed by atoms with E-state index >= 15 is 0 Å². The van der Waals surface area contributed by atoms with Crippen LogP contribution in [0.4, 0.5) is 0 Å². The van der Waals surface area contributed by atoms with Crippen molar-refractivity contribution >= 4 is 12.0 Å². The quantitative estimate of drug-likeness (QED) is 0.317. The fraction of sp³-hybridized carbons (Fsp3) is 1.00. The lowest BCUT2D eigenvalue weighted by Crippen LogP contribution is -3.03. The number of hydroxylamine groups is 2. The number of hydrogen-bond donors (Lipinski definition) is 1. The van der Waals surface area contributed by atoms with E-state index in [1.54, 1.807) is 0 Å². The molecule has 0 spiro atoms. The largest absolute Gasteiger partial charge is 0.599 e. The van der Waals surface area contributed by atoms with Crippen LogP contribution in [0.2, 0.25) is 0 Å². The van der Waals surface area contributed by atoms with Crippen molar-refractivity contribution < 1.29 is 9.51 Å². The van der Waals surface area contributed by atoms with Crippen molar-refractivity contribution in [3.05, 3.63) is 5.21 Å². The number of nitrogens with one attached hydrogen (secondary N) is 1. The average molecular weight is 107 g/mol. The maximum absolute atomic E-state index is 10.0. The van der Waals surface area contributed by atoms with Crippen molar-refractivity contribution in [3.63, 3.8) is 0 Å². The summed E-state index contributed by atoms with van der Waals surface area (Å²) < 4.78 is 4.43. The Labute approximate surface area is 40.0 Å². The van der Waals surface area contributed by atoms with Crippen LogP contribution in [-0.2, 0) is 4.28 Å². The maximum Gasteiger partial charge on any atom is 0.119 e. The van der Waals surface area contributed by atoms with Gasteiger partial charge in [-0.3, -0.25) is 0 Å². The Hall–Kier alpha value is 0.230. The Morgan fingerprint density at radius 1 is 1.83 bits per heavy atom. The minimum absolute atomic E-state index is 0.0833. The fourth-order valence-corrected chi connectivity index (χ4v) is 0.822. The van der Waals surface area contributed by atoms with E-state index in [4.69, 9.17) is 0 Å². The van der Waals surface area contributed by atoms with Crippen LogP contribution in [-0.4, -0.2) is 12.3 Å². The van der Waals surface area contributed by atoms with Gasteiger partial charge in [0.1, 0.15) is 6.54 Å². The summed E-state index contributed by atoms with van der Waals surface area (Å²) in [6, 6.07) is 0. The molecular weight excluding hydrogens is 102 g/mol. The molecule has 0 amide bonds. The summed E-state index contributed by atoms with van der Waals surface area (Å²) in [5, 5.41) is 9.92. The van der Waals surface area contributed by atoms with E-state index < -0.39 is 0 Å². The highest BCUT2D eigenvalue weighted by molar-refractivity contribution is 7.94. The van der Waals surface area contributed by atoms with Crippen LogP contribution in [0.5, 0.6) is 0 Å². The van der Waals surface area contributed by atoms with Crippen molar-refractivity contribution in [1.82, 2.24) is 0 Å². The second kappa shape index (κ2) is 1.79. The molecule has 0 aromatic rings. The van der Waals surface area contributed by atoms with Crippen LogP contribution < -0.4 is 5.23 Å². The van der Waals surface area contributed by atoms with Crippen molar-refractivity contribution in [2.45, 2.75) is 0 Å². The molecule has 0 aromatic carbocycles. The fourth-order valence-electron chi connectivity index (χ4n) is 0.274. The molecule has 6 heavy (non-hydrogen) atoms. The molecule has 1 atom stereocenters. The molecule has 1 N–H and O–H groups in total. The summed E-state index contributed by atoms with van der Waals surface area (Å²) >= 11 is 1.23. The van der Waals surface area contributed by atoms with E-state index in [9.17, 15) is 5.21 Å². The predicted octanol–water partition coefficient (Wildman–Crippen LogP) is -1.04. The van der Waals surface area contributed by atoms with Gasteiger partial charge in [-0.05, 0) is 0 Å². The third-order valence-corrected chi connectivity index (χ3v) is 1.22. The molecule has 4 heteroatoms. The van der Waals surface area contributed by atoms with Gasteiger partial charge in [0.15, 0.2) is 0 Å². The summed E-state index contributed by atoms with van der Waals surface area (Å²) in [5.41, 5.74) is 0. The molecule has 1 aliphatic rings. The molecule has 1 saturated heterocycles. The van der Waals surface area contributed by atoms with Gasteiger partial charge in [0, 0.05) is 0 Å². The Morgan fingerprint density at radius 2 is 2.67 bits per heavy atom. The molecule has 1 aliphatic heterocycles. The van der Waals surface area contributed by atoms with E-state index in [1.807, 2.05) is 0 Å². The zero-order valence-corrected chi connectivity index (χ0v) is 3.96. The lowest BCUT2D eigenvalue weighted by atomic mass is 10.8. The van der Waals surface area contributed by atoms with E-state index in [0.717, 1.165) is 5.75 Å². The van der Waals surface area contributed by atoms with Gasteiger partial charge in [0.05, 0.1) is 17.8 Å². The van der Waals surface area contributed by atoms with Gasteiger partial charge in [-0.2, -0.15) is 0 Å². The molecule has 0 aliphatic carbocycles. The number of hydrogen-bond acceptors (Lipinski definition) is 3. The van der Waals surface area contributed by atoms with Gasteiger partial charge in [-0.25, -0.2) is 5.23 Å². The summed E-state index contributed by atoms with van der Waals surface area (Å²) in [6.45, 7) is 0.588. The molecule has 0 aromatic heterocycles. The lowest BCUT2D eigenvalue weighted by Gasteiger charge is -2.06. The Balaban J connectivity index is 2.18. The minimum Gasteiger partial charge on any atom is -0.599 e. The van der Waals surface area contributed by atoms with E-state index in [1.165, 1.54) is 12.0 Å². The van der Waals surface area contributed by atoms with Crippen LogP contribution in [0, 0.1) is 5.21 Å². The van der Waals surface area contributed by atoms with E-state index in [0.29, 0.717) is 6.54 Å². The van der Waals surface area contributed by atoms with Gasteiger partial charge in [-0.1, -0.05) is 0 Å². The highest BCUT2D eigenvalue weighted by Gasteiger charge is 2.07. The molecular formula is C2H5NO2S. The number of rotatable bonds is 0. The molecule has 1 unspecified atom stereocenters. The molecule has 1 fully saturated rings. The standard InChI is InChI=1S/C2H5NO2S/c4-3-1-2-6-5-3/h3H,1-2H2.